The van der Waals surface area contributed by atoms with Crippen LogP contribution in [0.15, 0.2) is 52.0 Å². The SMILES string of the molecule is CC=CC1=CC2=NC(=O)CN(OC)C3=C(OCCCI)C=C(C(=O)O)C(O[Si](C)(C)C(C)(C)C)C23N1. The monoisotopic (exact) mass is 629 g/mol. The number of nitrogens with one attached hydrogen (secondary N) is 1. The van der Waals surface area contributed by atoms with E-state index >= 15 is 0 Å². The number of halogens is 1. The fourth-order valence-corrected chi connectivity index (χ4v) is 5.74. The Balaban J connectivity index is 2.37. The maximum atomic E-state index is 12.9. The Morgan fingerprint density at radius 3 is 2.64 bits per heavy atom. The van der Waals surface area contributed by atoms with Crippen LogP contribution in [-0.4, -0.2) is 72.4 Å². The lowest BCUT2D eigenvalue weighted by Gasteiger charge is -2.49. The Morgan fingerprint density at radius 2 is 2.08 bits per heavy atom. The van der Waals surface area contributed by atoms with Gasteiger partial charge in [0.05, 0.1) is 25.0 Å². The van der Waals surface area contributed by atoms with Crippen LogP contribution >= 0.6 is 22.6 Å². The molecule has 198 valence electrons. The minimum Gasteiger partial charge on any atom is -0.492 e. The highest BCUT2D eigenvalue weighted by molar-refractivity contribution is 14.1. The molecule has 0 aromatic carbocycles. The van der Waals surface area contributed by atoms with Crippen molar-refractivity contribution in [2.24, 2.45) is 4.99 Å². The number of alkyl halides is 1. The van der Waals surface area contributed by atoms with Gasteiger partial charge in [-0.1, -0.05) is 49.4 Å². The summed E-state index contributed by atoms with van der Waals surface area (Å²) in [6, 6.07) is 0. The summed E-state index contributed by atoms with van der Waals surface area (Å²) in [6.45, 7) is 12.5. The van der Waals surface area contributed by atoms with Crippen molar-refractivity contribution in [1.29, 1.82) is 0 Å². The first-order valence-electron chi connectivity index (χ1n) is 11.9. The first-order chi connectivity index (χ1) is 16.8. The lowest BCUT2D eigenvalue weighted by atomic mass is 9.77. The number of rotatable bonds is 9. The molecule has 0 aromatic rings. The number of nitrogens with zero attached hydrogens (tertiary/aromatic N) is 2. The summed E-state index contributed by atoms with van der Waals surface area (Å²) in [4.78, 5) is 35.7. The number of amides is 1. The molecule has 0 fully saturated rings. The summed E-state index contributed by atoms with van der Waals surface area (Å²) in [5, 5.41) is 15.1. The van der Waals surface area contributed by atoms with Crippen molar-refractivity contribution in [2.45, 2.75) is 63.9 Å². The van der Waals surface area contributed by atoms with E-state index in [0.29, 0.717) is 29.5 Å². The summed E-state index contributed by atoms with van der Waals surface area (Å²) in [5.41, 5.74) is 0.234. The molecule has 2 aliphatic heterocycles. The van der Waals surface area contributed by atoms with E-state index < -0.39 is 31.8 Å². The van der Waals surface area contributed by atoms with Crippen LogP contribution in [0.3, 0.4) is 0 Å². The van der Waals surface area contributed by atoms with E-state index in [1.807, 2.05) is 19.1 Å². The molecule has 11 heteroatoms. The largest absolute Gasteiger partial charge is 0.492 e. The van der Waals surface area contributed by atoms with Crippen molar-refractivity contribution in [3.05, 3.63) is 47.0 Å². The van der Waals surface area contributed by atoms with Crippen LogP contribution in [0.2, 0.25) is 18.1 Å². The van der Waals surface area contributed by atoms with E-state index in [1.54, 1.807) is 6.08 Å². The maximum Gasteiger partial charge on any atom is 0.334 e. The average molecular weight is 630 g/mol. The number of carbonyl (C=O) groups is 2. The van der Waals surface area contributed by atoms with Crippen LogP contribution in [0.1, 0.15) is 34.1 Å². The van der Waals surface area contributed by atoms with E-state index in [9.17, 15) is 14.7 Å². The zero-order chi connectivity index (χ0) is 26.9. The third-order valence-corrected chi connectivity index (χ3v) is 12.1. The van der Waals surface area contributed by atoms with Gasteiger partial charge in [-0.2, -0.15) is 0 Å². The van der Waals surface area contributed by atoms with Gasteiger partial charge in [0.15, 0.2) is 13.9 Å². The zero-order valence-electron chi connectivity index (χ0n) is 22.0. The number of allylic oxidation sites excluding steroid dienone is 3. The molecule has 3 rings (SSSR count). The molecular weight excluding hydrogens is 593 g/mol. The van der Waals surface area contributed by atoms with Crippen LogP contribution in [0.4, 0.5) is 0 Å². The van der Waals surface area contributed by atoms with Gasteiger partial charge in [-0.15, -0.1) is 0 Å². The number of carbonyl (C=O) groups excluding carboxylic acids is 1. The lowest BCUT2D eigenvalue weighted by Crippen LogP contribution is -2.66. The zero-order valence-corrected chi connectivity index (χ0v) is 25.1. The average Bonchev–Trinajstić information content (AvgIpc) is 3.05. The first-order valence-corrected chi connectivity index (χ1v) is 16.4. The Hall–Kier alpha value is -1.96. The Labute approximate surface area is 227 Å². The lowest BCUT2D eigenvalue weighted by molar-refractivity contribution is -0.141. The number of hydrogen-bond donors (Lipinski definition) is 2. The van der Waals surface area contributed by atoms with Crippen molar-refractivity contribution in [1.82, 2.24) is 10.4 Å². The number of aliphatic imine (C=N–C) groups is 1. The van der Waals surface area contributed by atoms with E-state index in [4.69, 9.17) is 14.0 Å². The van der Waals surface area contributed by atoms with E-state index in [-0.39, 0.29) is 17.2 Å². The van der Waals surface area contributed by atoms with Crippen molar-refractivity contribution in [3.8, 4) is 0 Å². The van der Waals surface area contributed by atoms with Crippen LogP contribution in [0.25, 0.3) is 0 Å². The minimum absolute atomic E-state index is 0.0359. The van der Waals surface area contributed by atoms with Gasteiger partial charge in [-0.25, -0.2) is 14.9 Å². The van der Waals surface area contributed by atoms with Crippen LogP contribution < -0.4 is 5.32 Å². The summed E-state index contributed by atoms with van der Waals surface area (Å²) in [5.74, 6) is -1.22. The highest BCUT2D eigenvalue weighted by Gasteiger charge is 2.61. The maximum absolute atomic E-state index is 12.9. The molecular formula is C25H36IN3O6Si. The second-order valence-electron chi connectivity index (χ2n) is 10.4. The van der Waals surface area contributed by atoms with E-state index in [0.717, 1.165) is 10.8 Å². The minimum atomic E-state index is -2.53. The standard InChI is InChI=1S/C25H36IN3O6Si/c1-8-10-16-13-19-25(28-16)21(29(33-5)15-20(30)27-19)18(34-12-9-11-26)14-17(23(31)32)22(25)35-36(6,7)24(2,3)4/h8,10,13-14,22,28H,9,11-12,15H2,1-7H3,(H,31,32). The van der Waals surface area contributed by atoms with Gasteiger partial charge in [0, 0.05) is 10.1 Å². The molecule has 0 aromatic heterocycles. The number of carboxylic acid groups (broad SMARTS) is 1. The molecule has 0 saturated carbocycles. The quantitative estimate of drug-likeness (QED) is 0.170. The van der Waals surface area contributed by atoms with Crippen molar-refractivity contribution < 1.29 is 28.7 Å². The first kappa shape index (κ1) is 28.6. The summed E-state index contributed by atoms with van der Waals surface area (Å²) in [6.07, 6.45) is 6.77. The molecule has 3 aliphatic rings. The highest BCUT2D eigenvalue weighted by atomic mass is 127. The molecule has 0 saturated heterocycles. The molecule has 36 heavy (non-hydrogen) atoms. The number of hydroxylamine groups is 2. The normalized spacial score (nSPS) is 24.6. The predicted molar refractivity (Wildman–Crippen MR) is 149 cm³/mol. The fraction of sp³-hybridized carbons (Fsp3) is 0.560. The Morgan fingerprint density at radius 1 is 1.39 bits per heavy atom. The second kappa shape index (κ2) is 10.8. The summed E-state index contributed by atoms with van der Waals surface area (Å²) in [7, 11) is -1.06. The van der Waals surface area contributed by atoms with Crippen LogP contribution in [-0.2, 0) is 23.6 Å². The molecule has 1 spiro atoms. The van der Waals surface area contributed by atoms with Gasteiger partial charge < -0.3 is 19.6 Å². The van der Waals surface area contributed by atoms with Crippen LogP contribution in [0, 0.1) is 0 Å². The molecule has 2 heterocycles. The second-order valence-corrected chi connectivity index (χ2v) is 16.2. The molecule has 2 atom stereocenters. The third kappa shape index (κ3) is 5.20. The number of carboxylic acids is 1. The van der Waals surface area contributed by atoms with Crippen LogP contribution in [0.5, 0.6) is 0 Å². The van der Waals surface area contributed by atoms with Crippen molar-refractivity contribution in [3.63, 3.8) is 0 Å². The van der Waals surface area contributed by atoms with Gasteiger partial charge in [0.1, 0.15) is 24.1 Å². The number of aliphatic carboxylic acids is 1. The van der Waals surface area contributed by atoms with Crippen molar-refractivity contribution >= 4 is 48.5 Å². The predicted octanol–water partition coefficient (Wildman–Crippen LogP) is 4.10. The molecule has 0 radical (unpaired) electrons. The van der Waals surface area contributed by atoms with Gasteiger partial charge >= 0.3 is 5.97 Å². The smallest absolute Gasteiger partial charge is 0.334 e. The molecule has 0 bridgehead atoms. The number of hydrogen-bond acceptors (Lipinski definition) is 7. The molecule has 1 aliphatic carbocycles. The van der Waals surface area contributed by atoms with Gasteiger partial charge in [-0.05, 0) is 49.7 Å². The molecule has 9 nitrogen and oxygen atoms in total. The molecule has 2 N–H and O–H groups in total. The Bertz CT molecular complexity index is 1070. The topological polar surface area (TPSA) is 110 Å². The van der Waals surface area contributed by atoms with E-state index in [2.05, 4.69) is 66.8 Å². The number of ether oxygens (including phenoxy) is 1. The molecule has 2 unspecified atom stereocenters. The summed E-state index contributed by atoms with van der Waals surface area (Å²) >= 11 is 2.27. The van der Waals surface area contributed by atoms with Gasteiger partial charge in [0.2, 0.25) is 0 Å². The Kier molecular flexibility index (Phi) is 8.58. The van der Waals surface area contributed by atoms with Crippen molar-refractivity contribution in [2.75, 3.05) is 24.7 Å². The molecule has 1 amide bonds. The summed E-state index contributed by atoms with van der Waals surface area (Å²) < 4.78 is 13.9. The van der Waals surface area contributed by atoms with Gasteiger partial charge in [-0.3, -0.25) is 9.63 Å². The third-order valence-electron chi connectivity index (χ3n) is 6.95. The fourth-order valence-electron chi connectivity index (χ4n) is 4.19. The van der Waals surface area contributed by atoms with E-state index in [1.165, 1.54) is 18.2 Å². The van der Waals surface area contributed by atoms with Gasteiger partial charge in [0.25, 0.3) is 5.91 Å². The highest BCUT2D eigenvalue weighted by Crippen LogP contribution is 2.47.